The van der Waals surface area contributed by atoms with Crippen molar-refractivity contribution in [2.24, 2.45) is 0 Å². The van der Waals surface area contributed by atoms with Crippen LogP contribution in [-0.4, -0.2) is 22.5 Å². The Morgan fingerprint density at radius 1 is 1.42 bits per heavy atom. The van der Waals surface area contributed by atoms with Gasteiger partial charge in [-0.05, 0) is 6.07 Å². The Labute approximate surface area is 69.5 Å². The zero-order valence-corrected chi connectivity index (χ0v) is 6.74. The highest BCUT2D eigenvalue weighted by atomic mass is 16.5. The molecule has 4 heteroatoms. The Balaban J connectivity index is 2.57. The van der Waals surface area contributed by atoms with Crippen molar-refractivity contribution in [1.29, 1.82) is 0 Å². The first-order valence-corrected chi connectivity index (χ1v) is 3.69. The van der Waals surface area contributed by atoms with Crippen molar-refractivity contribution in [1.82, 2.24) is 15.4 Å². The van der Waals surface area contributed by atoms with Gasteiger partial charge in [0.05, 0.1) is 6.61 Å². The number of nitrogens with one attached hydrogen (secondary N) is 1. The van der Waals surface area contributed by atoms with E-state index >= 15 is 0 Å². The fraction of sp³-hybridized carbons (Fsp3) is 0.250. The van der Waals surface area contributed by atoms with E-state index in [0.29, 0.717) is 6.61 Å². The number of para-hydroxylation sites is 1. The number of ether oxygens (including phenoxy) is 1. The summed E-state index contributed by atoms with van der Waals surface area (Å²) in [7, 11) is 1.67. The first-order chi connectivity index (χ1) is 5.92. The molecule has 2 aromatic rings. The topological polar surface area (TPSA) is 50.8 Å². The fourth-order valence-electron chi connectivity index (χ4n) is 1.20. The first kappa shape index (κ1) is 7.24. The van der Waals surface area contributed by atoms with Crippen LogP contribution in [0.15, 0.2) is 18.2 Å². The summed E-state index contributed by atoms with van der Waals surface area (Å²) >= 11 is 0. The number of hydrogen-bond donors (Lipinski definition) is 1. The van der Waals surface area contributed by atoms with Crippen molar-refractivity contribution in [2.75, 3.05) is 7.11 Å². The van der Waals surface area contributed by atoms with E-state index in [4.69, 9.17) is 4.74 Å². The summed E-state index contributed by atoms with van der Waals surface area (Å²) in [5, 5.41) is 10.6. The molecule has 0 aliphatic carbocycles. The monoisotopic (exact) mass is 163 g/mol. The van der Waals surface area contributed by atoms with E-state index in [1.54, 1.807) is 7.11 Å². The molecule has 1 aromatic heterocycles. The van der Waals surface area contributed by atoms with Crippen LogP contribution in [0.1, 0.15) is 5.56 Å². The molecule has 0 unspecified atom stereocenters. The van der Waals surface area contributed by atoms with Gasteiger partial charge in [-0.1, -0.05) is 12.1 Å². The lowest BCUT2D eigenvalue weighted by molar-refractivity contribution is 0.186. The molecule has 0 spiro atoms. The normalized spacial score (nSPS) is 10.8. The van der Waals surface area contributed by atoms with Crippen LogP contribution < -0.4 is 0 Å². The van der Waals surface area contributed by atoms with Gasteiger partial charge >= 0.3 is 0 Å². The quantitative estimate of drug-likeness (QED) is 0.721. The van der Waals surface area contributed by atoms with Crippen molar-refractivity contribution in [2.45, 2.75) is 6.61 Å². The second-order valence-corrected chi connectivity index (χ2v) is 2.54. The SMILES string of the molecule is COCc1cccc2n[nH]nc12. The van der Waals surface area contributed by atoms with Gasteiger partial charge in [-0.25, -0.2) is 0 Å². The average Bonchev–Trinajstić information content (AvgIpc) is 2.53. The summed E-state index contributed by atoms with van der Waals surface area (Å²) in [6.45, 7) is 0.573. The molecule has 1 heterocycles. The van der Waals surface area contributed by atoms with Crippen molar-refractivity contribution >= 4 is 11.0 Å². The molecule has 0 aliphatic rings. The summed E-state index contributed by atoms with van der Waals surface area (Å²) in [5.74, 6) is 0. The molecular formula is C8H9N3O. The third-order valence-corrected chi connectivity index (χ3v) is 1.73. The van der Waals surface area contributed by atoms with Crippen LogP contribution >= 0.6 is 0 Å². The minimum absolute atomic E-state index is 0.573. The molecule has 0 radical (unpaired) electrons. The van der Waals surface area contributed by atoms with Crippen molar-refractivity contribution in [3.8, 4) is 0 Å². The highest BCUT2D eigenvalue weighted by Crippen LogP contribution is 2.13. The smallest absolute Gasteiger partial charge is 0.118 e. The maximum Gasteiger partial charge on any atom is 0.118 e. The predicted octanol–water partition coefficient (Wildman–Crippen LogP) is 1.10. The van der Waals surface area contributed by atoms with Crippen molar-refractivity contribution in [3.05, 3.63) is 23.8 Å². The lowest BCUT2D eigenvalue weighted by Gasteiger charge is -1.97. The van der Waals surface area contributed by atoms with Crippen LogP contribution in [0.4, 0.5) is 0 Å². The second kappa shape index (κ2) is 2.91. The molecule has 0 aliphatic heterocycles. The van der Waals surface area contributed by atoms with Crippen LogP contribution in [-0.2, 0) is 11.3 Å². The second-order valence-electron chi connectivity index (χ2n) is 2.54. The number of H-pyrrole nitrogens is 1. The Morgan fingerprint density at radius 2 is 2.33 bits per heavy atom. The number of benzene rings is 1. The van der Waals surface area contributed by atoms with Gasteiger partial charge in [0.25, 0.3) is 0 Å². The Bertz CT molecular complexity index is 382. The Morgan fingerprint density at radius 3 is 3.17 bits per heavy atom. The third kappa shape index (κ3) is 1.06. The standard InChI is InChI=1S/C8H9N3O/c1-12-5-6-3-2-4-7-8(6)10-11-9-7/h2-4H,5H2,1H3,(H,9,10,11). The van der Waals surface area contributed by atoms with Crippen LogP contribution in [0.5, 0.6) is 0 Å². The minimum atomic E-state index is 0.573. The minimum Gasteiger partial charge on any atom is -0.380 e. The molecule has 0 amide bonds. The van der Waals surface area contributed by atoms with Gasteiger partial charge in [-0.3, -0.25) is 0 Å². The molecule has 2 rings (SSSR count). The largest absolute Gasteiger partial charge is 0.380 e. The maximum atomic E-state index is 5.02. The zero-order chi connectivity index (χ0) is 8.39. The molecule has 12 heavy (non-hydrogen) atoms. The van der Waals surface area contributed by atoms with Gasteiger partial charge in [-0.2, -0.15) is 15.4 Å². The molecular weight excluding hydrogens is 154 g/mol. The van der Waals surface area contributed by atoms with Gasteiger partial charge in [0.2, 0.25) is 0 Å². The highest BCUT2D eigenvalue weighted by molar-refractivity contribution is 5.76. The van der Waals surface area contributed by atoms with E-state index in [-0.39, 0.29) is 0 Å². The van der Waals surface area contributed by atoms with Gasteiger partial charge < -0.3 is 4.74 Å². The number of rotatable bonds is 2. The molecule has 1 aromatic carbocycles. The van der Waals surface area contributed by atoms with Crippen LogP contribution in [0.2, 0.25) is 0 Å². The summed E-state index contributed by atoms with van der Waals surface area (Å²) in [6.07, 6.45) is 0. The Hall–Kier alpha value is -1.42. The van der Waals surface area contributed by atoms with E-state index < -0.39 is 0 Å². The van der Waals surface area contributed by atoms with E-state index in [1.807, 2.05) is 18.2 Å². The summed E-state index contributed by atoms with van der Waals surface area (Å²) < 4.78 is 5.02. The van der Waals surface area contributed by atoms with Crippen LogP contribution in [0.3, 0.4) is 0 Å². The maximum absolute atomic E-state index is 5.02. The lowest BCUT2D eigenvalue weighted by Crippen LogP contribution is -1.88. The van der Waals surface area contributed by atoms with E-state index in [2.05, 4.69) is 15.4 Å². The molecule has 0 bridgehead atoms. The van der Waals surface area contributed by atoms with Crippen LogP contribution in [0.25, 0.3) is 11.0 Å². The van der Waals surface area contributed by atoms with Gasteiger partial charge in [0.1, 0.15) is 11.0 Å². The van der Waals surface area contributed by atoms with E-state index in [9.17, 15) is 0 Å². The molecule has 0 saturated carbocycles. The Kier molecular flexibility index (Phi) is 1.75. The molecule has 0 saturated heterocycles. The summed E-state index contributed by atoms with van der Waals surface area (Å²) in [4.78, 5) is 0. The highest BCUT2D eigenvalue weighted by Gasteiger charge is 2.02. The average molecular weight is 163 g/mol. The van der Waals surface area contributed by atoms with Crippen molar-refractivity contribution in [3.63, 3.8) is 0 Å². The molecule has 1 N–H and O–H groups in total. The van der Waals surface area contributed by atoms with E-state index in [0.717, 1.165) is 16.6 Å². The van der Waals surface area contributed by atoms with E-state index in [1.165, 1.54) is 0 Å². The third-order valence-electron chi connectivity index (χ3n) is 1.73. The number of nitrogens with zero attached hydrogens (tertiary/aromatic N) is 2. The fourth-order valence-corrected chi connectivity index (χ4v) is 1.20. The molecule has 62 valence electrons. The number of fused-ring (bicyclic) bond motifs is 1. The number of methoxy groups -OCH3 is 1. The summed E-state index contributed by atoms with van der Waals surface area (Å²) in [5.41, 5.74) is 2.83. The summed E-state index contributed by atoms with van der Waals surface area (Å²) in [6, 6.07) is 5.84. The number of aromatic nitrogens is 3. The molecule has 4 nitrogen and oxygen atoms in total. The molecule has 0 atom stereocenters. The first-order valence-electron chi connectivity index (χ1n) is 3.69. The van der Waals surface area contributed by atoms with Gasteiger partial charge in [0.15, 0.2) is 0 Å². The van der Waals surface area contributed by atoms with Crippen molar-refractivity contribution < 1.29 is 4.74 Å². The molecule has 0 fully saturated rings. The zero-order valence-electron chi connectivity index (χ0n) is 6.74. The van der Waals surface area contributed by atoms with Gasteiger partial charge in [-0.15, -0.1) is 0 Å². The predicted molar refractivity (Wildman–Crippen MR) is 44.6 cm³/mol. The number of aromatic amines is 1. The lowest BCUT2D eigenvalue weighted by atomic mass is 10.2. The van der Waals surface area contributed by atoms with Crippen LogP contribution in [0, 0.1) is 0 Å². The number of hydrogen-bond acceptors (Lipinski definition) is 3. The van der Waals surface area contributed by atoms with Gasteiger partial charge in [0, 0.05) is 12.7 Å².